The molecule has 0 amide bonds. The van der Waals surface area contributed by atoms with E-state index in [1.165, 1.54) is 28.6 Å². The van der Waals surface area contributed by atoms with Crippen molar-refractivity contribution in [2.75, 3.05) is 18.0 Å². The molecule has 148 valence electrons. The van der Waals surface area contributed by atoms with Crippen molar-refractivity contribution in [1.29, 1.82) is 0 Å². The lowest BCUT2D eigenvalue weighted by molar-refractivity contribution is -0.136. The summed E-state index contributed by atoms with van der Waals surface area (Å²) in [4.78, 5) is 13.2. The van der Waals surface area contributed by atoms with Crippen LogP contribution in [0, 0.1) is 12.7 Å². The molecule has 2 bridgehead atoms. The highest BCUT2D eigenvalue weighted by Crippen LogP contribution is 2.38. The maximum Gasteiger partial charge on any atom is 0.307 e. The number of fused-ring (bicyclic) bond motifs is 2. The number of rotatable bonds is 5. The van der Waals surface area contributed by atoms with E-state index in [4.69, 9.17) is 5.11 Å². The fraction of sp³-hybridized carbons (Fsp3) is 0.350. The molecule has 1 N–H and O–H groups in total. The van der Waals surface area contributed by atoms with Gasteiger partial charge in [0.05, 0.1) is 11.3 Å². The second-order valence-corrected chi connectivity index (χ2v) is 9.30. The molecule has 2 aliphatic rings. The van der Waals surface area contributed by atoms with Gasteiger partial charge in [-0.25, -0.2) is 12.8 Å². The predicted octanol–water partition coefficient (Wildman–Crippen LogP) is 2.41. The summed E-state index contributed by atoms with van der Waals surface area (Å²) >= 11 is 0. The third kappa shape index (κ3) is 3.27. The van der Waals surface area contributed by atoms with E-state index >= 15 is 0 Å². The van der Waals surface area contributed by atoms with E-state index in [1.807, 2.05) is 6.07 Å². The number of anilines is 1. The molecule has 2 saturated heterocycles. The molecule has 2 fully saturated rings. The smallest absolute Gasteiger partial charge is 0.307 e. The fourth-order valence-electron chi connectivity index (χ4n) is 4.19. The van der Waals surface area contributed by atoms with Crippen LogP contribution in [0.3, 0.4) is 0 Å². The number of sulfonamides is 1. The Morgan fingerprint density at radius 3 is 2.61 bits per heavy atom. The molecule has 0 radical (unpaired) electrons. The number of carboxylic acids is 1. The van der Waals surface area contributed by atoms with E-state index in [0.29, 0.717) is 25.1 Å². The van der Waals surface area contributed by atoms with Crippen molar-refractivity contribution in [1.82, 2.24) is 4.31 Å². The Kier molecular flexibility index (Phi) is 4.63. The summed E-state index contributed by atoms with van der Waals surface area (Å²) in [7, 11) is -3.72. The number of aliphatic carboxylic acids is 1. The SMILES string of the molecule is Cc1ccc(S(=O)(=O)N2C[C@@H]3C[C@H]2CN3c2cccc(F)c2)cc1CC(=O)O. The van der Waals surface area contributed by atoms with Gasteiger partial charge >= 0.3 is 5.97 Å². The first kappa shape index (κ1) is 18.9. The van der Waals surface area contributed by atoms with Crippen molar-refractivity contribution in [3.8, 4) is 0 Å². The largest absolute Gasteiger partial charge is 0.481 e. The van der Waals surface area contributed by atoms with Gasteiger partial charge in [0.1, 0.15) is 5.82 Å². The van der Waals surface area contributed by atoms with Gasteiger partial charge in [0.2, 0.25) is 10.0 Å². The predicted molar refractivity (Wildman–Crippen MR) is 102 cm³/mol. The molecule has 2 aromatic rings. The highest BCUT2D eigenvalue weighted by Gasteiger charge is 2.48. The Bertz CT molecular complexity index is 1040. The van der Waals surface area contributed by atoms with Crippen LogP contribution in [0.1, 0.15) is 17.5 Å². The molecular weight excluding hydrogens is 383 g/mol. The fourth-order valence-corrected chi connectivity index (χ4v) is 5.91. The quantitative estimate of drug-likeness (QED) is 0.828. The van der Waals surface area contributed by atoms with Crippen LogP contribution in [-0.4, -0.2) is 49.0 Å². The van der Waals surface area contributed by atoms with Gasteiger partial charge in [0.15, 0.2) is 0 Å². The second-order valence-electron chi connectivity index (χ2n) is 7.41. The van der Waals surface area contributed by atoms with E-state index < -0.39 is 16.0 Å². The first-order valence-corrected chi connectivity index (χ1v) is 10.5. The highest BCUT2D eigenvalue weighted by molar-refractivity contribution is 7.89. The van der Waals surface area contributed by atoms with Gasteiger partial charge in [0, 0.05) is 30.9 Å². The number of carboxylic acid groups (broad SMARTS) is 1. The topological polar surface area (TPSA) is 77.9 Å². The third-order valence-corrected chi connectivity index (χ3v) is 7.51. The third-order valence-electron chi connectivity index (χ3n) is 5.60. The number of benzene rings is 2. The first-order chi connectivity index (χ1) is 13.3. The van der Waals surface area contributed by atoms with Crippen LogP contribution in [0.4, 0.5) is 10.1 Å². The minimum Gasteiger partial charge on any atom is -0.481 e. The van der Waals surface area contributed by atoms with Gasteiger partial charge in [-0.15, -0.1) is 0 Å². The van der Waals surface area contributed by atoms with E-state index in [2.05, 4.69) is 4.90 Å². The Labute approximate surface area is 163 Å². The lowest BCUT2D eigenvalue weighted by Crippen LogP contribution is -2.48. The standard InChI is InChI=1S/C20H21FN2O4S/c1-13-5-6-19(7-14(13)8-20(24)25)28(26,27)23-12-17-10-18(23)11-22(17)16-4-2-3-15(21)9-16/h2-7,9,17-18H,8,10-12H2,1H3,(H,24,25)/t17-,18-/m0/s1. The van der Waals surface area contributed by atoms with E-state index in [-0.39, 0.29) is 29.2 Å². The number of nitrogens with zero attached hydrogens (tertiary/aromatic N) is 2. The zero-order valence-electron chi connectivity index (χ0n) is 15.4. The molecule has 0 unspecified atom stereocenters. The maximum atomic E-state index is 13.5. The molecule has 6 nitrogen and oxygen atoms in total. The van der Waals surface area contributed by atoms with Crippen molar-refractivity contribution >= 4 is 21.7 Å². The average Bonchev–Trinajstić information content (AvgIpc) is 3.24. The van der Waals surface area contributed by atoms with Crippen molar-refractivity contribution in [2.24, 2.45) is 0 Å². The van der Waals surface area contributed by atoms with Crippen molar-refractivity contribution < 1.29 is 22.7 Å². The number of halogens is 1. The summed E-state index contributed by atoms with van der Waals surface area (Å²) in [6, 6.07) is 10.8. The van der Waals surface area contributed by atoms with Crippen molar-refractivity contribution in [2.45, 2.75) is 36.7 Å². The second kappa shape index (κ2) is 6.86. The van der Waals surface area contributed by atoms with E-state index in [0.717, 1.165) is 11.3 Å². The van der Waals surface area contributed by atoms with Crippen LogP contribution in [-0.2, 0) is 21.2 Å². The van der Waals surface area contributed by atoms with Gasteiger partial charge in [-0.05, 0) is 54.8 Å². The molecule has 4 rings (SSSR count). The van der Waals surface area contributed by atoms with Crippen molar-refractivity contribution in [3.05, 3.63) is 59.4 Å². The minimum atomic E-state index is -3.72. The van der Waals surface area contributed by atoms with Gasteiger partial charge in [0.25, 0.3) is 0 Å². The van der Waals surface area contributed by atoms with E-state index in [1.54, 1.807) is 19.1 Å². The monoisotopic (exact) mass is 404 g/mol. The Morgan fingerprint density at radius 1 is 1.18 bits per heavy atom. The minimum absolute atomic E-state index is 0.00510. The van der Waals surface area contributed by atoms with Crippen LogP contribution < -0.4 is 4.90 Å². The Balaban J connectivity index is 1.57. The summed E-state index contributed by atoms with van der Waals surface area (Å²) in [6.45, 7) is 2.62. The normalized spacial score (nSPS) is 22.0. The number of carbonyl (C=O) groups is 1. The highest BCUT2D eigenvalue weighted by atomic mass is 32.2. The number of aryl methyl sites for hydroxylation is 1. The van der Waals surface area contributed by atoms with Gasteiger partial charge in [-0.3, -0.25) is 4.79 Å². The molecule has 2 atom stereocenters. The number of hydrogen-bond donors (Lipinski definition) is 1. The molecule has 0 aromatic heterocycles. The molecule has 0 saturated carbocycles. The van der Waals surface area contributed by atoms with Gasteiger partial charge in [-0.1, -0.05) is 12.1 Å². The Hall–Kier alpha value is -2.45. The molecule has 2 heterocycles. The zero-order chi connectivity index (χ0) is 20.1. The average molecular weight is 404 g/mol. The molecule has 0 spiro atoms. The van der Waals surface area contributed by atoms with Crippen molar-refractivity contribution in [3.63, 3.8) is 0 Å². The van der Waals surface area contributed by atoms with Gasteiger partial charge < -0.3 is 10.0 Å². The molecule has 2 aliphatic heterocycles. The lowest BCUT2D eigenvalue weighted by atomic mass is 10.1. The summed E-state index contributed by atoms with van der Waals surface area (Å²) < 4.78 is 41.4. The van der Waals surface area contributed by atoms with Crippen LogP contribution in [0.5, 0.6) is 0 Å². The van der Waals surface area contributed by atoms with Crippen LogP contribution in [0.2, 0.25) is 0 Å². The van der Waals surface area contributed by atoms with E-state index in [9.17, 15) is 17.6 Å². The van der Waals surface area contributed by atoms with Crippen LogP contribution >= 0.6 is 0 Å². The number of hydrogen-bond acceptors (Lipinski definition) is 4. The summed E-state index contributed by atoms with van der Waals surface area (Å²) in [5.74, 6) is -1.31. The molecule has 8 heteroatoms. The summed E-state index contributed by atoms with van der Waals surface area (Å²) in [6.07, 6.45) is 0.484. The Morgan fingerprint density at radius 2 is 1.96 bits per heavy atom. The zero-order valence-corrected chi connectivity index (χ0v) is 16.2. The van der Waals surface area contributed by atoms with Crippen LogP contribution in [0.15, 0.2) is 47.4 Å². The van der Waals surface area contributed by atoms with Gasteiger partial charge in [-0.2, -0.15) is 4.31 Å². The maximum absolute atomic E-state index is 13.5. The van der Waals surface area contributed by atoms with Crippen LogP contribution in [0.25, 0.3) is 0 Å². The molecule has 28 heavy (non-hydrogen) atoms. The first-order valence-electron chi connectivity index (χ1n) is 9.11. The molecular formula is C20H21FN2O4S. The summed E-state index contributed by atoms with van der Waals surface area (Å²) in [5.41, 5.74) is 2.02. The summed E-state index contributed by atoms with van der Waals surface area (Å²) in [5, 5.41) is 9.05. The molecule has 2 aromatic carbocycles. The molecule has 0 aliphatic carbocycles. The lowest BCUT2D eigenvalue weighted by Gasteiger charge is -2.35. The number of piperazine rings is 1.